The Morgan fingerprint density at radius 2 is 2.00 bits per heavy atom. The van der Waals surface area contributed by atoms with Crippen LogP contribution in [0.4, 0.5) is 5.69 Å². The molecule has 1 aliphatic rings. The minimum absolute atomic E-state index is 0.186. The van der Waals surface area contributed by atoms with Crippen LogP contribution in [-0.4, -0.2) is 24.4 Å². The number of nitriles is 1. The van der Waals surface area contributed by atoms with Gasteiger partial charge in [0.05, 0.1) is 11.6 Å². The molecular formula is C20H19N3O. The first-order chi connectivity index (χ1) is 11.6. The molecule has 0 aromatic heterocycles. The summed E-state index contributed by atoms with van der Waals surface area (Å²) in [6, 6.07) is 15.2. The first-order valence-corrected chi connectivity index (χ1v) is 7.93. The number of fused-ring (bicyclic) bond motifs is 1. The highest BCUT2D eigenvalue weighted by Crippen LogP contribution is 2.20. The van der Waals surface area contributed by atoms with Crippen LogP contribution in [0.15, 0.2) is 48.5 Å². The Kier molecular flexibility index (Phi) is 4.74. The molecule has 0 spiro atoms. The van der Waals surface area contributed by atoms with Crippen LogP contribution in [0.5, 0.6) is 0 Å². The van der Waals surface area contributed by atoms with Gasteiger partial charge < -0.3 is 10.2 Å². The summed E-state index contributed by atoms with van der Waals surface area (Å²) in [4.78, 5) is 14.3. The molecule has 3 rings (SSSR count). The number of amides is 1. The second-order valence-corrected chi connectivity index (χ2v) is 6.03. The fourth-order valence-electron chi connectivity index (χ4n) is 2.81. The molecule has 0 aliphatic carbocycles. The fourth-order valence-corrected chi connectivity index (χ4v) is 2.81. The summed E-state index contributed by atoms with van der Waals surface area (Å²) in [5, 5.41) is 11.6. The molecule has 120 valence electrons. The van der Waals surface area contributed by atoms with Crippen LogP contribution in [0, 0.1) is 11.3 Å². The van der Waals surface area contributed by atoms with E-state index in [4.69, 9.17) is 5.26 Å². The van der Waals surface area contributed by atoms with Crippen LogP contribution in [0.3, 0.4) is 0 Å². The number of carbonyl (C=O) groups excluding carboxylic acids is 1. The zero-order valence-electron chi connectivity index (χ0n) is 13.6. The fraction of sp³-hybridized carbons (Fsp3) is 0.200. The first kappa shape index (κ1) is 16.0. The van der Waals surface area contributed by atoms with Crippen LogP contribution in [0.2, 0.25) is 0 Å². The molecule has 2 aromatic rings. The Morgan fingerprint density at radius 3 is 2.75 bits per heavy atom. The van der Waals surface area contributed by atoms with Gasteiger partial charge in [0.15, 0.2) is 0 Å². The largest absolute Gasteiger partial charge is 0.323 e. The van der Waals surface area contributed by atoms with Crippen molar-refractivity contribution in [3.63, 3.8) is 0 Å². The molecule has 0 radical (unpaired) electrons. The van der Waals surface area contributed by atoms with Gasteiger partial charge >= 0.3 is 0 Å². The van der Waals surface area contributed by atoms with Gasteiger partial charge in [-0.2, -0.15) is 5.26 Å². The van der Waals surface area contributed by atoms with E-state index < -0.39 is 0 Å². The van der Waals surface area contributed by atoms with E-state index in [0.717, 1.165) is 25.1 Å². The number of hydrogen-bond donors (Lipinski definition) is 1. The lowest BCUT2D eigenvalue weighted by Crippen LogP contribution is -2.26. The zero-order chi connectivity index (χ0) is 16.9. The van der Waals surface area contributed by atoms with Crippen LogP contribution in [0.1, 0.15) is 22.3 Å². The van der Waals surface area contributed by atoms with Gasteiger partial charge in [0.2, 0.25) is 5.91 Å². The standard InChI is InChI=1S/C20H19N3O/c1-23-11-10-17-6-2-15(12-18(17)14-23)5-9-20(24)22-19-7-3-16(13-21)4-8-19/h2-9,12H,10-11,14H2,1H3,(H,22,24). The van der Waals surface area contributed by atoms with Crippen LogP contribution in [-0.2, 0) is 17.8 Å². The Bertz CT molecular complexity index is 816. The molecule has 1 heterocycles. The molecule has 0 fully saturated rings. The maximum absolute atomic E-state index is 12.0. The van der Waals surface area contributed by atoms with Gasteiger partial charge in [-0.25, -0.2) is 0 Å². The van der Waals surface area contributed by atoms with Crippen LogP contribution >= 0.6 is 0 Å². The van der Waals surface area contributed by atoms with E-state index in [9.17, 15) is 4.79 Å². The molecule has 0 atom stereocenters. The van der Waals surface area contributed by atoms with E-state index in [0.29, 0.717) is 11.3 Å². The molecule has 0 saturated heterocycles. The molecule has 1 amide bonds. The average Bonchev–Trinajstić information content (AvgIpc) is 2.60. The number of likely N-dealkylation sites (N-methyl/N-ethyl adjacent to an activating group) is 1. The molecule has 1 aliphatic heterocycles. The Labute approximate surface area is 142 Å². The van der Waals surface area contributed by atoms with Crippen molar-refractivity contribution in [2.45, 2.75) is 13.0 Å². The lowest BCUT2D eigenvalue weighted by atomic mass is 9.97. The predicted molar refractivity (Wildman–Crippen MR) is 95.3 cm³/mol. The molecular weight excluding hydrogens is 298 g/mol. The normalized spacial score (nSPS) is 14.2. The summed E-state index contributed by atoms with van der Waals surface area (Å²) >= 11 is 0. The maximum Gasteiger partial charge on any atom is 0.248 e. The van der Waals surface area contributed by atoms with Gasteiger partial charge in [-0.05, 0) is 60.5 Å². The number of nitrogens with zero attached hydrogens (tertiary/aromatic N) is 2. The number of rotatable bonds is 3. The van der Waals surface area contributed by atoms with Crippen molar-refractivity contribution in [1.82, 2.24) is 4.90 Å². The highest BCUT2D eigenvalue weighted by atomic mass is 16.1. The van der Waals surface area contributed by atoms with E-state index in [1.807, 2.05) is 6.08 Å². The lowest BCUT2D eigenvalue weighted by molar-refractivity contribution is -0.111. The van der Waals surface area contributed by atoms with Gasteiger partial charge in [0.25, 0.3) is 0 Å². The summed E-state index contributed by atoms with van der Waals surface area (Å²) < 4.78 is 0. The predicted octanol–water partition coefficient (Wildman–Crippen LogP) is 3.20. The van der Waals surface area contributed by atoms with Gasteiger partial charge in [0.1, 0.15) is 0 Å². The lowest BCUT2D eigenvalue weighted by Gasteiger charge is -2.25. The SMILES string of the molecule is CN1CCc2ccc(C=CC(=O)Nc3ccc(C#N)cc3)cc2C1. The van der Waals surface area contributed by atoms with E-state index >= 15 is 0 Å². The summed E-state index contributed by atoms with van der Waals surface area (Å²) in [5.74, 6) is -0.186. The van der Waals surface area contributed by atoms with Crippen molar-refractivity contribution in [2.24, 2.45) is 0 Å². The number of hydrogen-bond acceptors (Lipinski definition) is 3. The molecule has 4 nitrogen and oxygen atoms in total. The third-order valence-electron chi connectivity index (χ3n) is 4.14. The molecule has 0 bridgehead atoms. The molecule has 0 unspecified atom stereocenters. The van der Waals surface area contributed by atoms with Crippen molar-refractivity contribution >= 4 is 17.7 Å². The van der Waals surface area contributed by atoms with Gasteiger partial charge in [-0.1, -0.05) is 18.2 Å². The summed E-state index contributed by atoms with van der Waals surface area (Å²) in [5.41, 5.74) is 5.00. The van der Waals surface area contributed by atoms with Crippen molar-refractivity contribution in [3.05, 3.63) is 70.8 Å². The van der Waals surface area contributed by atoms with Crippen LogP contribution < -0.4 is 5.32 Å². The number of anilines is 1. The van der Waals surface area contributed by atoms with Crippen molar-refractivity contribution in [2.75, 3.05) is 18.9 Å². The third kappa shape index (κ3) is 3.89. The minimum Gasteiger partial charge on any atom is -0.323 e. The van der Waals surface area contributed by atoms with Gasteiger partial charge in [-0.15, -0.1) is 0 Å². The molecule has 4 heteroatoms. The first-order valence-electron chi connectivity index (χ1n) is 7.93. The Morgan fingerprint density at radius 1 is 1.21 bits per heavy atom. The smallest absolute Gasteiger partial charge is 0.248 e. The third-order valence-corrected chi connectivity index (χ3v) is 4.14. The molecule has 2 aromatic carbocycles. The van der Waals surface area contributed by atoms with Crippen molar-refractivity contribution < 1.29 is 4.79 Å². The van der Waals surface area contributed by atoms with Crippen molar-refractivity contribution in [3.8, 4) is 6.07 Å². The molecule has 1 N–H and O–H groups in total. The zero-order valence-corrected chi connectivity index (χ0v) is 13.6. The average molecular weight is 317 g/mol. The van der Waals surface area contributed by atoms with E-state index in [1.54, 1.807) is 24.3 Å². The van der Waals surface area contributed by atoms with Crippen LogP contribution in [0.25, 0.3) is 6.08 Å². The number of carbonyl (C=O) groups is 1. The summed E-state index contributed by atoms with van der Waals surface area (Å²) in [6.45, 7) is 2.05. The molecule has 24 heavy (non-hydrogen) atoms. The monoisotopic (exact) mass is 317 g/mol. The maximum atomic E-state index is 12.0. The van der Waals surface area contributed by atoms with Crippen molar-refractivity contribution in [1.29, 1.82) is 5.26 Å². The van der Waals surface area contributed by atoms with Gasteiger partial charge in [-0.3, -0.25) is 4.79 Å². The van der Waals surface area contributed by atoms with E-state index in [-0.39, 0.29) is 5.91 Å². The topological polar surface area (TPSA) is 56.1 Å². The Hall–Kier alpha value is -2.90. The van der Waals surface area contributed by atoms with Gasteiger partial charge in [0, 0.05) is 24.9 Å². The second kappa shape index (κ2) is 7.12. The quantitative estimate of drug-likeness (QED) is 0.885. The minimum atomic E-state index is -0.186. The number of benzene rings is 2. The van der Waals surface area contributed by atoms with E-state index in [2.05, 4.69) is 41.5 Å². The highest BCUT2D eigenvalue weighted by molar-refractivity contribution is 6.01. The second-order valence-electron chi connectivity index (χ2n) is 6.03. The summed E-state index contributed by atoms with van der Waals surface area (Å²) in [7, 11) is 2.12. The summed E-state index contributed by atoms with van der Waals surface area (Å²) in [6.07, 6.45) is 4.44. The number of nitrogens with one attached hydrogen (secondary N) is 1. The highest BCUT2D eigenvalue weighted by Gasteiger charge is 2.12. The van der Waals surface area contributed by atoms with E-state index in [1.165, 1.54) is 17.2 Å². The molecule has 0 saturated carbocycles. The Balaban J connectivity index is 1.65.